The topological polar surface area (TPSA) is 94.1 Å². The van der Waals surface area contributed by atoms with Crippen molar-refractivity contribution in [2.24, 2.45) is 10.1 Å². The van der Waals surface area contributed by atoms with Gasteiger partial charge in [0.15, 0.2) is 5.84 Å². The summed E-state index contributed by atoms with van der Waals surface area (Å²) in [7, 11) is 0. The van der Waals surface area contributed by atoms with E-state index in [1.54, 1.807) is 6.08 Å². The van der Waals surface area contributed by atoms with E-state index in [4.69, 9.17) is 5.41 Å². The van der Waals surface area contributed by atoms with Crippen LogP contribution in [0.25, 0.3) is 22.5 Å². The number of carbonyl (C=O) groups excluding carboxylic acids is 2. The van der Waals surface area contributed by atoms with E-state index >= 15 is 0 Å². The summed E-state index contributed by atoms with van der Waals surface area (Å²) in [5, 5.41) is 17.8. The first-order valence-electron chi connectivity index (χ1n) is 12.3. The van der Waals surface area contributed by atoms with Crippen LogP contribution in [0.4, 0.5) is 0 Å². The summed E-state index contributed by atoms with van der Waals surface area (Å²) >= 11 is 1.19. The van der Waals surface area contributed by atoms with E-state index < -0.39 is 5.91 Å². The van der Waals surface area contributed by atoms with Crippen LogP contribution in [0.15, 0.2) is 64.2 Å². The molecule has 3 aliphatic heterocycles. The van der Waals surface area contributed by atoms with Crippen molar-refractivity contribution in [3.05, 3.63) is 71.1 Å². The Hall–Kier alpha value is -3.98. The van der Waals surface area contributed by atoms with E-state index in [1.807, 2.05) is 43.0 Å². The number of nitrogens with zero attached hydrogens (tertiary/aromatic N) is 5. The maximum absolute atomic E-state index is 13.0. The quantitative estimate of drug-likeness (QED) is 0.506. The minimum atomic E-state index is -0.471. The third-order valence-electron chi connectivity index (χ3n) is 7.04. The van der Waals surface area contributed by atoms with Gasteiger partial charge < -0.3 is 9.47 Å². The molecule has 37 heavy (non-hydrogen) atoms. The molecule has 1 saturated heterocycles. The number of rotatable bonds is 4. The molecular weight excluding hydrogens is 484 g/mol. The largest absolute Gasteiger partial charge is 0.342 e. The van der Waals surface area contributed by atoms with Crippen molar-refractivity contribution >= 4 is 56.5 Å². The summed E-state index contributed by atoms with van der Waals surface area (Å²) in [6.45, 7) is 5.60. The number of nitrogens with one attached hydrogen (secondary N) is 1. The summed E-state index contributed by atoms with van der Waals surface area (Å²) in [5.74, 6) is -0.471. The van der Waals surface area contributed by atoms with Gasteiger partial charge in [-0.05, 0) is 67.6 Å². The summed E-state index contributed by atoms with van der Waals surface area (Å²) in [4.78, 5) is 31.6. The van der Waals surface area contributed by atoms with Crippen LogP contribution in [-0.2, 0) is 9.59 Å². The second-order valence-corrected chi connectivity index (χ2v) is 10.5. The zero-order chi connectivity index (χ0) is 25.7. The van der Waals surface area contributed by atoms with Gasteiger partial charge in [0.1, 0.15) is 5.04 Å². The van der Waals surface area contributed by atoms with Gasteiger partial charge >= 0.3 is 0 Å². The van der Waals surface area contributed by atoms with E-state index in [-0.39, 0.29) is 23.7 Å². The molecule has 0 unspecified atom stereocenters. The van der Waals surface area contributed by atoms with Gasteiger partial charge in [0.05, 0.1) is 17.7 Å². The third-order valence-corrected chi connectivity index (χ3v) is 7.94. The molecule has 0 spiro atoms. The number of likely N-dealkylation sites (tertiary alicyclic amines) is 1. The molecule has 0 atom stereocenters. The first-order chi connectivity index (χ1) is 17.9. The van der Waals surface area contributed by atoms with E-state index in [9.17, 15) is 9.59 Å². The number of aliphatic imine (C=N–C) groups is 1. The molecule has 1 fully saturated rings. The highest BCUT2D eigenvalue weighted by Gasteiger charge is 2.36. The van der Waals surface area contributed by atoms with Crippen molar-refractivity contribution in [2.75, 3.05) is 13.1 Å². The van der Waals surface area contributed by atoms with E-state index in [2.05, 4.69) is 38.9 Å². The minimum Gasteiger partial charge on any atom is -0.342 e. The van der Waals surface area contributed by atoms with Gasteiger partial charge in [-0.1, -0.05) is 36.4 Å². The molecule has 0 bridgehead atoms. The Bertz CT molecular complexity index is 1570. The van der Waals surface area contributed by atoms with Gasteiger partial charge in [-0.25, -0.2) is 0 Å². The van der Waals surface area contributed by atoms with Crippen LogP contribution in [0, 0.1) is 19.3 Å². The zero-order valence-corrected chi connectivity index (χ0v) is 21.5. The van der Waals surface area contributed by atoms with Crippen molar-refractivity contribution < 1.29 is 9.59 Å². The van der Waals surface area contributed by atoms with Crippen molar-refractivity contribution in [3.63, 3.8) is 0 Å². The lowest BCUT2D eigenvalue weighted by molar-refractivity contribution is -0.128. The zero-order valence-electron chi connectivity index (χ0n) is 20.7. The molecule has 0 aliphatic carbocycles. The summed E-state index contributed by atoms with van der Waals surface area (Å²) in [5.41, 5.74) is 4.08. The lowest BCUT2D eigenvalue weighted by atomic mass is 10.1. The van der Waals surface area contributed by atoms with Crippen LogP contribution in [-0.4, -0.2) is 55.4 Å². The molecule has 186 valence electrons. The molecule has 6 rings (SSSR count). The second-order valence-electron chi connectivity index (χ2n) is 9.44. The van der Waals surface area contributed by atoms with Crippen LogP contribution in [0.1, 0.15) is 36.2 Å². The van der Waals surface area contributed by atoms with Crippen LogP contribution in [0.5, 0.6) is 0 Å². The van der Waals surface area contributed by atoms with Crippen LogP contribution in [0.2, 0.25) is 0 Å². The molecule has 3 aromatic rings. The fraction of sp³-hybridized carbons (Fsp3) is 0.250. The van der Waals surface area contributed by atoms with Gasteiger partial charge in [-0.2, -0.15) is 15.1 Å². The predicted octanol–water partition coefficient (Wildman–Crippen LogP) is 4.88. The lowest BCUT2D eigenvalue weighted by Gasteiger charge is -2.20. The molecule has 8 nitrogen and oxygen atoms in total. The van der Waals surface area contributed by atoms with Crippen molar-refractivity contribution in [2.45, 2.75) is 33.1 Å². The number of thioether (sulfide) groups is 1. The SMILES string of the molecule is Cc1cc(/C=C2/C(=N)N3N=C(CC(=O)N4CCCC4)SC3=NC2=O)c(C)n1-c1cccc2ccccc12. The van der Waals surface area contributed by atoms with Gasteiger partial charge in [0.25, 0.3) is 5.91 Å². The number of hydrazone groups is 1. The first-order valence-corrected chi connectivity index (χ1v) is 13.2. The number of aromatic nitrogens is 1. The van der Waals surface area contributed by atoms with Gasteiger partial charge in [-0.3, -0.25) is 15.0 Å². The average Bonchev–Trinajstić information content (AvgIpc) is 3.62. The average molecular weight is 511 g/mol. The van der Waals surface area contributed by atoms with Crippen molar-refractivity contribution in [1.29, 1.82) is 5.41 Å². The summed E-state index contributed by atoms with van der Waals surface area (Å²) in [6.07, 6.45) is 3.94. The molecule has 2 amide bonds. The molecule has 0 saturated carbocycles. The number of amides is 2. The van der Waals surface area contributed by atoms with Gasteiger partial charge in [0, 0.05) is 29.9 Å². The monoisotopic (exact) mass is 510 g/mol. The molecule has 1 aromatic heterocycles. The molecule has 9 heteroatoms. The first kappa shape index (κ1) is 23.4. The standard InChI is InChI=1S/C28H26N6O2S/c1-17-14-20(18(2)33(17)23-11-7-9-19-8-3-4-10-21(19)23)15-22-26(29)34-28(30-27(22)36)37-24(31-34)16-25(35)32-12-5-6-13-32/h3-4,7-11,14-15,29H,5-6,12-13,16H2,1-2H3/b22-15-,29-26?. The van der Waals surface area contributed by atoms with E-state index in [1.165, 1.54) is 16.8 Å². The Kier molecular flexibility index (Phi) is 5.79. The Morgan fingerprint density at radius 2 is 1.86 bits per heavy atom. The van der Waals surface area contributed by atoms with Crippen LogP contribution in [0.3, 0.4) is 0 Å². The molecule has 2 aromatic carbocycles. The number of fused-ring (bicyclic) bond motifs is 2. The molecule has 3 aliphatic rings. The normalized spacial score (nSPS) is 18.6. The van der Waals surface area contributed by atoms with Crippen LogP contribution >= 0.6 is 11.8 Å². The number of carbonyl (C=O) groups is 2. The number of hydrogen-bond acceptors (Lipinski definition) is 5. The lowest BCUT2D eigenvalue weighted by Crippen LogP contribution is -2.35. The molecule has 4 heterocycles. The fourth-order valence-electron chi connectivity index (χ4n) is 5.17. The smallest absolute Gasteiger partial charge is 0.283 e. The molecule has 0 radical (unpaired) electrons. The second kappa shape index (κ2) is 9.15. The molecule has 1 N–H and O–H groups in total. The van der Waals surface area contributed by atoms with Gasteiger partial charge in [-0.15, -0.1) is 0 Å². The summed E-state index contributed by atoms with van der Waals surface area (Å²) in [6, 6.07) is 16.5. The predicted molar refractivity (Wildman–Crippen MR) is 148 cm³/mol. The Balaban J connectivity index is 1.31. The maximum Gasteiger partial charge on any atom is 0.283 e. The maximum atomic E-state index is 13.0. The minimum absolute atomic E-state index is 0.0266. The Morgan fingerprint density at radius 1 is 1.11 bits per heavy atom. The van der Waals surface area contributed by atoms with Gasteiger partial charge in [0.2, 0.25) is 11.1 Å². The number of amidine groups is 2. The number of benzene rings is 2. The number of aryl methyl sites for hydroxylation is 1. The molecular formula is C28H26N6O2S. The van der Waals surface area contributed by atoms with E-state index in [0.29, 0.717) is 10.2 Å². The fourth-order valence-corrected chi connectivity index (χ4v) is 6.05. The van der Waals surface area contributed by atoms with E-state index in [0.717, 1.165) is 59.3 Å². The Labute approximate surface area is 218 Å². The Morgan fingerprint density at radius 3 is 2.68 bits per heavy atom. The highest BCUT2D eigenvalue weighted by molar-refractivity contribution is 8.27. The highest BCUT2D eigenvalue weighted by Crippen LogP contribution is 2.32. The van der Waals surface area contributed by atoms with Crippen molar-refractivity contribution in [1.82, 2.24) is 14.5 Å². The third kappa shape index (κ3) is 4.09. The highest BCUT2D eigenvalue weighted by atomic mass is 32.2. The van der Waals surface area contributed by atoms with Crippen LogP contribution < -0.4 is 0 Å². The number of hydrogen-bond donors (Lipinski definition) is 1. The van der Waals surface area contributed by atoms with Crippen molar-refractivity contribution in [3.8, 4) is 5.69 Å². The summed E-state index contributed by atoms with van der Waals surface area (Å²) < 4.78 is 2.17.